The highest BCUT2D eigenvalue weighted by Gasteiger charge is 2.15. The fraction of sp³-hybridized carbons (Fsp3) is 0.300. The van der Waals surface area contributed by atoms with Gasteiger partial charge in [0.1, 0.15) is 0 Å². The van der Waals surface area contributed by atoms with Crippen molar-refractivity contribution in [3.8, 4) is 0 Å². The molecule has 15 heavy (non-hydrogen) atoms. The molecule has 0 aromatic carbocycles. The highest BCUT2D eigenvalue weighted by atomic mass is 16.4. The first-order chi connectivity index (χ1) is 7.09. The van der Waals surface area contributed by atoms with Gasteiger partial charge >= 0.3 is 5.97 Å². The predicted molar refractivity (Wildman–Crippen MR) is 53.0 cm³/mol. The molecular formula is C10H12N2O3. The highest BCUT2D eigenvalue weighted by molar-refractivity contribution is 5.75. The summed E-state index contributed by atoms with van der Waals surface area (Å²) in [5.74, 6) is -1.20. The number of carbonyl (C=O) groups is 2. The third-order valence-corrected chi connectivity index (χ3v) is 1.86. The molecule has 0 radical (unpaired) electrons. The average Bonchev–Trinajstić information content (AvgIpc) is 2.17. The van der Waals surface area contributed by atoms with Crippen molar-refractivity contribution < 1.29 is 14.7 Å². The topological polar surface area (TPSA) is 79.3 Å². The molecule has 0 aliphatic heterocycles. The monoisotopic (exact) mass is 208 g/mol. The van der Waals surface area contributed by atoms with Crippen LogP contribution in [0.4, 0.5) is 0 Å². The van der Waals surface area contributed by atoms with E-state index in [1.165, 1.54) is 6.92 Å². The first kappa shape index (κ1) is 11.2. The maximum atomic E-state index is 10.9. The van der Waals surface area contributed by atoms with Crippen LogP contribution in [0.5, 0.6) is 0 Å². The van der Waals surface area contributed by atoms with Gasteiger partial charge in [-0.25, -0.2) is 0 Å². The maximum absolute atomic E-state index is 10.9. The van der Waals surface area contributed by atoms with Crippen LogP contribution in [0.25, 0.3) is 0 Å². The van der Waals surface area contributed by atoms with Gasteiger partial charge in [0.25, 0.3) is 0 Å². The number of pyridine rings is 1. The molecule has 1 amide bonds. The van der Waals surface area contributed by atoms with Crippen LogP contribution in [0.2, 0.25) is 0 Å². The molecule has 0 saturated heterocycles. The minimum absolute atomic E-state index is 0.135. The lowest BCUT2D eigenvalue weighted by molar-refractivity contribution is -0.137. The number of carboxylic acids is 1. The van der Waals surface area contributed by atoms with Crippen LogP contribution >= 0.6 is 0 Å². The number of carboxylic acid groups (broad SMARTS) is 1. The Kier molecular flexibility index (Phi) is 3.79. The molecule has 5 heteroatoms. The van der Waals surface area contributed by atoms with Crippen LogP contribution in [0.1, 0.15) is 24.9 Å². The van der Waals surface area contributed by atoms with Crippen LogP contribution in [-0.2, 0) is 9.59 Å². The number of nitrogens with one attached hydrogen (secondary N) is 1. The van der Waals surface area contributed by atoms with Crippen molar-refractivity contribution in [2.24, 2.45) is 0 Å². The summed E-state index contributed by atoms with van der Waals surface area (Å²) in [6, 6.07) is 2.87. The number of hydrogen-bond donors (Lipinski definition) is 2. The molecule has 0 spiro atoms. The van der Waals surface area contributed by atoms with Crippen LogP contribution in [0.3, 0.4) is 0 Å². The molecule has 1 rings (SSSR count). The maximum Gasteiger partial charge on any atom is 0.305 e. The Morgan fingerprint density at radius 3 is 2.53 bits per heavy atom. The van der Waals surface area contributed by atoms with Gasteiger partial charge in [-0.1, -0.05) is 0 Å². The third-order valence-electron chi connectivity index (χ3n) is 1.86. The molecule has 1 atom stereocenters. The molecule has 80 valence electrons. The van der Waals surface area contributed by atoms with E-state index in [-0.39, 0.29) is 12.3 Å². The Balaban J connectivity index is 2.81. The van der Waals surface area contributed by atoms with E-state index in [0.717, 1.165) is 5.56 Å². The van der Waals surface area contributed by atoms with Gasteiger partial charge in [-0.05, 0) is 17.7 Å². The summed E-state index contributed by atoms with van der Waals surface area (Å²) in [7, 11) is 0. The lowest BCUT2D eigenvalue weighted by Gasteiger charge is -2.15. The molecule has 1 aromatic heterocycles. The average molecular weight is 208 g/mol. The lowest BCUT2D eigenvalue weighted by Crippen LogP contribution is -2.27. The van der Waals surface area contributed by atoms with E-state index >= 15 is 0 Å². The van der Waals surface area contributed by atoms with Gasteiger partial charge < -0.3 is 10.4 Å². The Labute approximate surface area is 87.1 Å². The minimum atomic E-state index is -0.953. The minimum Gasteiger partial charge on any atom is -0.481 e. The van der Waals surface area contributed by atoms with E-state index in [0.29, 0.717) is 0 Å². The Hall–Kier alpha value is -1.91. The van der Waals surface area contributed by atoms with Crippen molar-refractivity contribution in [3.63, 3.8) is 0 Å². The molecule has 0 saturated carbocycles. The van der Waals surface area contributed by atoms with Gasteiger partial charge in [0, 0.05) is 19.3 Å². The van der Waals surface area contributed by atoms with E-state index in [4.69, 9.17) is 5.11 Å². The molecule has 0 fully saturated rings. The number of nitrogens with zero attached hydrogens (tertiary/aromatic N) is 1. The van der Waals surface area contributed by atoms with E-state index < -0.39 is 12.0 Å². The SMILES string of the molecule is CC(=O)N[C@@H](CC(=O)O)c1ccncc1. The van der Waals surface area contributed by atoms with Gasteiger partial charge in [-0.2, -0.15) is 0 Å². The molecule has 1 aromatic rings. The van der Waals surface area contributed by atoms with E-state index in [1.54, 1.807) is 24.5 Å². The van der Waals surface area contributed by atoms with E-state index in [9.17, 15) is 9.59 Å². The summed E-state index contributed by atoms with van der Waals surface area (Å²) in [6.07, 6.45) is 2.99. The smallest absolute Gasteiger partial charge is 0.305 e. The first-order valence-corrected chi connectivity index (χ1v) is 4.48. The zero-order valence-electron chi connectivity index (χ0n) is 8.30. The van der Waals surface area contributed by atoms with Gasteiger partial charge in [0.05, 0.1) is 12.5 Å². The lowest BCUT2D eigenvalue weighted by atomic mass is 10.1. The molecule has 0 aliphatic carbocycles. The Morgan fingerprint density at radius 1 is 1.47 bits per heavy atom. The van der Waals surface area contributed by atoms with Crippen LogP contribution in [0, 0.1) is 0 Å². The summed E-state index contributed by atoms with van der Waals surface area (Å²) < 4.78 is 0. The van der Waals surface area contributed by atoms with Crippen LogP contribution < -0.4 is 5.32 Å². The van der Waals surface area contributed by atoms with Gasteiger partial charge in [0.15, 0.2) is 0 Å². The highest BCUT2D eigenvalue weighted by Crippen LogP contribution is 2.15. The van der Waals surface area contributed by atoms with Crippen molar-refractivity contribution in [1.82, 2.24) is 10.3 Å². The van der Waals surface area contributed by atoms with Crippen LogP contribution in [-0.4, -0.2) is 22.0 Å². The normalized spacial score (nSPS) is 11.8. The summed E-state index contributed by atoms with van der Waals surface area (Å²) in [5.41, 5.74) is 0.739. The number of aromatic nitrogens is 1. The van der Waals surface area contributed by atoms with Crippen molar-refractivity contribution in [1.29, 1.82) is 0 Å². The number of aliphatic carboxylic acids is 1. The fourth-order valence-electron chi connectivity index (χ4n) is 1.27. The molecular weight excluding hydrogens is 196 g/mol. The van der Waals surface area contributed by atoms with Crippen molar-refractivity contribution in [2.75, 3.05) is 0 Å². The summed E-state index contributed by atoms with van der Waals surface area (Å²) >= 11 is 0. The molecule has 1 heterocycles. The standard InChI is InChI=1S/C10H12N2O3/c1-7(13)12-9(6-10(14)15)8-2-4-11-5-3-8/h2-5,9H,6H2,1H3,(H,12,13)(H,14,15)/t9-/m0/s1. The number of hydrogen-bond acceptors (Lipinski definition) is 3. The molecule has 0 bridgehead atoms. The second-order valence-electron chi connectivity index (χ2n) is 3.13. The van der Waals surface area contributed by atoms with Gasteiger partial charge in [0.2, 0.25) is 5.91 Å². The Morgan fingerprint density at radius 2 is 2.07 bits per heavy atom. The van der Waals surface area contributed by atoms with Gasteiger partial charge in [-0.15, -0.1) is 0 Å². The molecule has 0 unspecified atom stereocenters. The number of amides is 1. The molecule has 0 aliphatic rings. The zero-order valence-corrected chi connectivity index (χ0v) is 8.30. The predicted octanol–water partition coefficient (Wildman–Crippen LogP) is 0.733. The van der Waals surface area contributed by atoms with Crippen LogP contribution in [0.15, 0.2) is 24.5 Å². The molecule has 5 nitrogen and oxygen atoms in total. The van der Waals surface area contributed by atoms with Gasteiger partial charge in [-0.3, -0.25) is 14.6 Å². The summed E-state index contributed by atoms with van der Waals surface area (Å²) in [5, 5.41) is 11.3. The van der Waals surface area contributed by atoms with E-state index in [1.807, 2.05) is 0 Å². The largest absolute Gasteiger partial charge is 0.481 e. The number of carbonyl (C=O) groups excluding carboxylic acids is 1. The fourth-order valence-corrected chi connectivity index (χ4v) is 1.27. The second-order valence-corrected chi connectivity index (χ2v) is 3.13. The number of rotatable bonds is 4. The first-order valence-electron chi connectivity index (χ1n) is 4.48. The van der Waals surface area contributed by atoms with Crippen molar-refractivity contribution in [3.05, 3.63) is 30.1 Å². The Bertz CT molecular complexity index is 335. The summed E-state index contributed by atoms with van der Waals surface area (Å²) in [4.78, 5) is 25.3. The third kappa shape index (κ3) is 3.76. The zero-order chi connectivity index (χ0) is 11.3. The summed E-state index contributed by atoms with van der Waals surface area (Å²) in [6.45, 7) is 1.36. The quantitative estimate of drug-likeness (QED) is 0.764. The van der Waals surface area contributed by atoms with Crippen molar-refractivity contribution >= 4 is 11.9 Å². The van der Waals surface area contributed by atoms with E-state index in [2.05, 4.69) is 10.3 Å². The van der Waals surface area contributed by atoms with Crippen molar-refractivity contribution in [2.45, 2.75) is 19.4 Å². The second kappa shape index (κ2) is 5.09. The molecule has 2 N–H and O–H groups in total.